The first-order chi connectivity index (χ1) is 9.18. The second-order valence-electron chi connectivity index (χ2n) is 4.00. The summed E-state index contributed by atoms with van der Waals surface area (Å²) in [4.78, 5) is 25.4. The molecule has 6 nitrogen and oxygen atoms in total. The molecule has 0 atom stereocenters. The van der Waals surface area contributed by atoms with Gasteiger partial charge in [-0.2, -0.15) is 0 Å². The van der Waals surface area contributed by atoms with Crippen LogP contribution in [-0.4, -0.2) is 15.7 Å². The van der Waals surface area contributed by atoms with Gasteiger partial charge >= 0.3 is 0 Å². The Morgan fingerprint density at radius 1 is 1.32 bits per heavy atom. The number of nitrogens with zero attached hydrogens (tertiary/aromatic N) is 1. The summed E-state index contributed by atoms with van der Waals surface area (Å²) in [5.41, 5.74) is 1.09. The van der Waals surface area contributed by atoms with Crippen molar-refractivity contribution in [3.63, 3.8) is 0 Å². The number of furan rings is 1. The molecule has 0 bridgehead atoms. The highest BCUT2D eigenvalue weighted by Gasteiger charge is 2.19. The van der Waals surface area contributed by atoms with Crippen LogP contribution in [0.3, 0.4) is 0 Å². The standard InChI is InChI=1S/C13H8N2O4/c16-13(8-4-5-19-7-8)10-6-14-12-9(10)2-1-3-11(12)15(17)18/h1-7,14H. The Labute approximate surface area is 106 Å². The topological polar surface area (TPSA) is 89.1 Å². The van der Waals surface area contributed by atoms with E-state index in [4.69, 9.17) is 4.42 Å². The number of fused-ring (bicyclic) bond motifs is 1. The first-order valence-corrected chi connectivity index (χ1v) is 5.50. The van der Waals surface area contributed by atoms with Gasteiger partial charge in [-0.25, -0.2) is 0 Å². The van der Waals surface area contributed by atoms with E-state index in [1.165, 1.54) is 24.8 Å². The van der Waals surface area contributed by atoms with E-state index in [9.17, 15) is 14.9 Å². The molecule has 0 fully saturated rings. The maximum Gasteiger partial charge on any atom is 0.293 e. The molecule has 1 aromatic carbocycles. The lowest BCUT2D eigenvalue weighted by Crippen LogP contribution is -1.98. The van der Waals surface area contributed by atoms with Crippen molar-refractivity contribution in [2.45, 2.75) is 0 Å². The zero-order valence-electron chi connectivity index (χ0n) is 9.62. The summed E-state index contributed by atoms with van der Waals surface area (Å²) in [6.45, 7) is 0. The minimum Gasteiger partial charge on any atom is -0.472 e. The van der Waals surface area contributed by atoms with Gasteiger partial charge in [0.15, 0.2) is 5.78 Å². The fourth-order valence-electron chi connectivity index (χ4n) is 2.03. The van der Waals surface area contributed by atoms with Gasteiger partial charge in [0.1, 0.15) is 11.8 Å². The van der Waals surface area contributed by atoms with Crippen LogP contribution >= 0.6 is 0 Å². The third-order valence-electron chi connectivity index (χ3n) is 2.92. The summed E-state index contributed by atoms with van der Waals surface area (Å²) in [5.74, 6) is -0.236. The molecule has 3 rings (SSSR count). The van der Waals surface area contributed by atoms with Crippen molar-refractivity contribution < 1.29 is 14.1 Å². The number of carbonyl (C=O) groups excluding carboxylic acids is 1. The van der Waals surface area contributed by atoms with Gasteiger partial charge < -0.3 is 9.40 Å². The lowest BCUT2D eigenvalue weighted by Gasteiger charge is -1.96. The second kappa shape index (κ2) is 4.09. The Bertz CT molecular complexity index is 771. The van der Waals surface area contributed by atoms with E-state index in [-0.39, 0.29) is 11.5 Å². The van der Waals surface area contributed by atoms with Gasteiger partial charge in [-0.05, 0) is 6.07 Å². The maximum absolute atomic E-state index is 12.2. The van der Waals surface area contributed by atoms with Crippen LogP contribution in [0.1, 0.15) is 15.9 Å². The van der Waals surface area contributed by atoms with Crippen molar-refractivity contribution in [2.24, 2.45) is 0 Å². The Morgan fingerprint density at radius 3 is 2.84 bits per heavy atom. The molecule has 94 valence electrons. The van der Waals surface area contributed by atoms with Gasteiger partial charge in [0.2, 0.25) is 0 Å². The van der Waals surface area contributed by atoms with Crippen LogP contribution in [-0.2, 0) is 0 Å². The quantitative estimate of drug-likeness (QED) is 0.443. The van der Waals surface area contributed by atoms with E-state index in [1.807, 2.05) is 0 Å². The van der Waals surface area contributed by atoms with Crippen molar-refractivity contribution in [1.29, 1.82) is 0 Å². The van der Waals surface area contributed by atoms with Crippen LogP contribution < -0.4 is 0 Å². The number of hydrogen-bond donors (Lipinski definition) is 1. The molecule has 1 N–H and O–H groups in total. The average molecular weight is 256 g/mol. The number of nitro groups is 1. The predicted molar refractivity (Wildman–Crippen MR) is 67.1 cm³/mol. The molecule has 0 saturated heterocycles. The zero-order valence-corrected chi connectivity index (χ0v) is 9.62. The van der Waals surface area contributed by atoms with Crippen molar-refractivity contribution in [1.82, 2.24) is 4.98 Å². The van der Waals surface area contributed by atoms with E-state index >= 15 is 0 Å². The molecule has 0 saturated carbocycles. The molecular weight excluding hydrogens is 248 g/mol. The first kappa shape index (κ1) is 11.2. The number of para-hydroxylation sites is 1. The SMILES string of the molecule is O=C(c1ccoc1)c1c[nH]c2c([N+](=O)[O-])cccc12. The number of H-pyrrole nitrogens is 1. The Balaban J connectivity index is 2.19. The molecule has 0 amide bonds. The Kier molecular flexibility index (Phi) is 2.42. The van der Waals surface area contributed by atoms with Gasteiger partial charge in [-0.1, -0.05) is 12.1 Å². The molecular formula is C13H8N2O4. The van der Waals surface area contributed by atoms with Crippen molar-refractivity contribution in [3.8, 4) is 0 Å². The maximum atomic E-state index is 12.2. The number of nitro benzene ring substituents is 1. The summed E-state index contributed by atoms with van der Waals surface area (Å²) >= 11 is 0. The van der Waals surface area contributed by atoms with E-state index < -0.39 is 4.92 Å². The molecule has 0 spiro atoms. The lowest BCUT2D eigenvalue weighted by atomic mass is 10.0. The van der Waals surface area contributed by atoms with Gasteiger partial charge in [-0.3, -0.25) is 14.9 Å². The van der Waals surface area contributed by atoms with Crippen LogP contribution in [0.5, 0.6) is 0 Å². The summed E-state index contributed by atoms with van der Waals surface area (Å²) in [5, 5.41) is 11.4. The van der Waals surface area contributed by atoms with Crippen LogP contribution in [0.4, 0.5) is 5.69 Å². The normalized spacial score (nSPS) is 10.7. The molecule has 2 aromatic heterocycles. The van der Waals surface area contributed by atoms with Crippen LogP contribution in [0.25, 0.3) is 10.9 Å². The molecule has 6 heteroatoms. The highest BCUT2D eigenvalue weighted by molar-refractivity contribution is 6.17. The fraction of sp³-hybridized carbons (Fsp3) is 0. The molecule has 2 heterocycles. The predicted octanol–water partition coefficient (Wildman–Crippen LogP) is 2.90. The highest BCUT2D eigenvalue weighted by Crippen LogP contribution is 2.28. The number of nitrogens with one attached hydrogen (secondary N) is 1. The largest absolute Gasteiger partial charge is 0.472 e. The molecule has 0 radical (unpaired) electrons. The Morgan fingerprint density at radius 2 is 2.16 bits per heavy atom. The monoisotopic (exact) mass is 256 g/mol. The third-order valence-corrected chi connectivity index (χ3v) is 2.92. The lowest BCUT2D eigenvalue weighted by molar-refractivity contribution is -0.383. The molecule has 19 heavy (non-hydrogen) atoms. The van der Waals surface area contributed by atoms with Crippen molar-refractivity contribution >= 4 is 22.4 Å². The van der Waals surface area contributed by atoms with Crippen molar-refractivity contribution in [2.75, 3.05) is 0 Å². The number of benzene rings is 1. The van der Waals surface area contributed by atoms with Crippen molar-refractivity contribution in [3.05, 3.63) is 64.2 Å². The number of carbonyl (C=O) groups is 1. The number of hydrogen-bond acceptors (Lipinski definition) is 4. The summed E-state index contributed by atoms with van der Waals surface area (Å²) in [6, 6.07) is 6.18. The van der Waals surface area contributed by atoms with E-state index in [0.29, 0.717) is 22.0 Å². The van der Waals surface area contributed by atoms with Crippen LogP contribution in [0, 0.1) is 10.1 Å². The molecule has 3 aromatic rings. The number of aromatic amines is 1. The second-order valence-corrected chi connectivity index (χ2v) is 4.00. The number of non-ortho nitro benzene ring substituents is 1. The smallest absolute Gasteiger partial charge is 0.293 e. The molecule has 0 aliphatic heterocycles. The van der Waals surface area contributed by atoms with E-state index in [1.54, 1.807) is 18.2 Å². The van der Waals surface area contributed by atoms with E-state index in [2.05, 4.69) is 4.98 Å². The average Bonchev–Trinajstić information content (AvgIpc) is 3.06. The highest BCUT2D eigenvalue weighted by atomic mass is 16.6. The van der Waals surface area contributed by atoms with Crippen LogP contribution in [0.15, 0.2) is 47.4 Å². The fourth-order valence-corrected chi connectivity index (χ4v) is 2.03. The van der Waals surface area contributed by atoms with E-state index in [0.717, 1.165) is 0 Å². The minimum absolute atomic E-state index is 0.0521. The first-order valence-electron chi connectivity index (χ1n) is 5.50. The summed E-state index contributed by atoms with van der Waals surface area (Å²) in [6.07, 6.45) is 4.23. The third kappa shape index (κ3) is 1.70. The van der Waals surface area contributed by atoms with Gasteiger partial charge in [-0.15, -0.1) is 0 Å². The molecule has 0 aliphatic rings. The molecule has 0 unspecified atom stereocenters. The van der Waals surface area contributed by atoms with Gasteiger partial charge in [0.05, 0.1) is 16.7 Å². The Hall–Kier alpha value is -2.89. The zero-order chi connectivity index (χ0) is 13.4. The van der Waals surface area contributed by atoms with Gasteiger partial charge in [0, 0.05) is 23.2 Å². The number of aromatic nitrogens is 1. The van der Waals surface area contributed by atoms with Gasteiger partial charge in [0.25, 0.3) is 5.69 Å². The number of ketones is 1. The van der Waals surface area contributed by atoms with Crippen LogP contribution in [0.2, 0.25) is 0 Å². The summed E-state index contributed by atoms with van der Waals surface area (Å²) in [7, 11) is 0. The number of rotatable bonds is 3. The summed E-state index contributed by atoms with van der Waals surface area (Å²) < 4.78 is 4.87. The molecule has 0 aliphatic carbocycles. The minimum atomic E-state index is -0.481.